The zero-order chi connectivity index (χ0) is 26.9. The predicted molar refractivity (Wildman–Crippen MR) is 149 cm³/mol. The van der Waals surface area contributed by atoms with Gasteiger partial charge in [-0.15, -0.1) is 11.3 Å². The highest BCUT2D eigenvalue weighted by Crippen LogP contribution is 2.37. The maximum Gasteiger partial charge on any atom is 0.420 e. The van der Waals surface area contributed by atoms with Gasteiger partial charge in [0.25, 0.3) is 10.0 Å². The number of imidazole rings is 1. The van der Waals surface area contributed by atoms with Crippen molar-refractivity contribution in [3.63, 3.8) is 0 Å². The number of anilines is 1. The summed E-state index contributed by atoms with van der Waals surface area (Å²) in [5.41, 5.74) is 1.97. The first kappa shape index (κ1) is 26.1. The lowest BCUT2D eigenvalue weighted by atomic mass is 10.1. The molecule has 5 aromatic rings. The molecule has 0 aliphatic rings. The number of sulfonamides is 1. The molecule has 3 aromatic carbocycles. The highest BCUT2D eigenvalue weighted by Gasteiger charge is 2.25. The summed E-state index contributed by atoms with van der Waals surface area (Å²) in [6, 6.07) is 20.1. The number of hydrogen-bond acceptors (Lipinski definition) is 7. The van der Waals surface area contributed by atoms with E-state index in [1.165, 1.54) is 35.9 Å². The zero-order valence-electron chi connectivity index (χ0n) is 19.7. The van der Waals surface area contributed by atoms with Crippen LogP contribution in [0.3, 0.4) is 0 Å². The van der Waals surface area contributed by atoms with Gasteiger partial charge in [-0.2, -0.15) is 0 Å². The maximum absolute atomic E-state index is 13.5. The van der Waals surface area contributed by atoms with E-state index in [4.69, 9.17) is 32.7 Å². The first-order chi connectivity index (χ1) is 18.3. The van der Waals surface area contributed by atoms with Crippen LogP contribution in [0, 0.1) is 0 Å². The summed E-state index contributed by atoms with van der Waals surface area (Å²) >= 11 is 13.6. The van der Waals surface area contributed by atoms with Crippen LogP contribution < -0.4 is 9.46 Å². The van der Waals surface area contributed by atoms with Crippen molar-refractivity contribution in [3.05, 3.63) is 93.8 Å². The molecule has 12 heteroatoms. The van der Waals surface area contributed by atoms with E-state index in [0.29, 0.717) is 22.3 Å². The quantitative estimate of drug-likeness (QED) is 0.218. The van der Waals surface area contributed by atoms with E-state index < -0.39 is 16.1 Å². The van der Waals surface area contributed by atoms with E-state index >= 15 is 0 Å². The maximum atomic E-state index is 13.5. The Morgan fingerprint density at radius 3 is 2.50 bits per heavy atom. The predicted octanol–water partition coefficient (Wildman–Crippen LogP) is 7.07. The second-order valence-corrected chi connectivity index (χ2v) is 11.7. The largest absolute Gasteiger partial charge is 0.497 e. The topological polar surface area (TPSA) is 99.5 Å². The summed E-state index contributed by atoms with van der Waals surface area (Å²) in [4.78, 5) is 18.1. The molecule has 0 bridgehead atoms. The standard InChI is InChI=1S/C26H19Cl2N3O5S2/c1-35-17-9-10-18(21(12-17)30-38(33,34)24-8-5-11-37-24)25-29-22-13-19(27)20(28)14-23(22)31(25)26(32)36-15-16-6-3-2-4-7-16/h2-14,30H,15H2,1H3. The molecular weight excluding hydrogens is 569 g/mol. The molecule has 194 valence electrons. The molecule has 2 aromatic heterocycles. The van der Waals surface area contributed by atoms with Crippen LogP contribution in [0.4, 0.5) is 10.5 Å². The highest BCUT2D eigenvalue weighted by molar-refractivity contribution is 7.94. The van der Waals surface area contributed by atoms with Crippen LogP contribution in [0.25, 0.3) is 22.4 Å². The number of thiophene rings is 1. The summed E-state index contributed by atoms with van der Waals surface area (Å²) in [7, 11) is -2.47. The van der Waals surface area contributed by atoms with E-state index in [1.807, 2.05) is 30.3 Å². The van der Waals surface area contributed by atoms with Gasteiger partial charge in [-0.3, -0.25) is 4.72 Å². The average molecular weight is 588 g/mol. The number of carbonyl (C=O) groups is 1. The summed E-state index contributed by atoms with van der Waals surface area (Å²) < 4.78 is 41.1. The van der Waals surface area contributed by atoms with Crippen molar-refractivity contribution in [2.75, 3.05) is 11.8 Å². The van der Waals surface area contributed by atoms with Gasteiger partial charge in [0.05, 0.1) is 33.9 Å². The fourth-order valence-electron chi connectivity index (χ4n) is 3.76. The van der Waals surface area contributed by atoms with Crippen molar-refractivity contribution in [1.82, 2.24) is 9.55 Å². The van der Waals surface area contributed by atoms with E-state index in [1.54, 1.807) is 23.6 Å². The first-order valence-electron chi connectivity index (χ1n) is 11.1. The second-order valence-electron chi connectivity index (χ2n) is 8.02. The lowest BCUT2D eigenvalue weighted by molar-refractivity contribution is 0.142. The molecule has 0 saturated heterocycles. The third-order valence-electron chi connectivity index (χ3n) is 5.56. The third kappa shape index (κ3) is 5.21. The van der Waals surface area contributed by atoms with Crippen LogP contribution in [0.5, 0.6) is 5.75 Å². The van der Waals surface area contributed by atoms with Crippen molar-refractivity contribution in [2.24, 2.45) is 0 Å². The molecule has 1 N–H and O–H groups in total. The van der Waals surface area contributed by atoms with Crippen molar-refractivity contribution < 1.29 is 22.7 Å². The Bertz CT molecular complexity index is 1740. The van der Waals surface area contributed by atoms with Crippen molar-refractivity contribution >= 4 is 67.4 Å². The zero-order valence-corrected chi connectivity index (χ0v) is 22.9. The van der Waals surface area contributed by atoms with Crippen LogP contribution in [0.15, 0.2) is 82.4 Å². The summed E-state index contributed by atoms with van der Waals surface area (Å²) in [5.74, 6) is 0.529. The molecule has 0 amide bonds. The highest BCUT2D eigenvalue weighted by atomic mass is 35.5. The molecule has 38 heavy (non-hydrogen) atoms. The number of rotatable bonds is 7. The van der Waals surface area contributed by atoms with E-state index in [-0.39, 0.29) is 32.4 Å². The fourth-order valence-corrected chi connectivity index (χ4v) is 6.14. The fraction of sp³-hybridized carbons (Fsp3) is 0.0769. The molecule has 8 nitrogen and oxygen atoms in total. The summed E-state index contributed by atoms with van der Waals surface area (Å²) in [5, 5.41) is 2.13. The Labute approximate surface area is 232 Å². The van der Waals surface area contributed by atoms with Crippen LogP contribution in [0.2, 0.25) is 10.0 Å². The molecule has 5 rings (SSSR count). The van der Waals surface area contributed by atoms with Gasteiger partial charge < -0.3 is 9.47 Å². The molecule has 0 unspecified atom stereocenters. The third-order valence-corrected chi connectivity index (χ3v) is 9.04. The number of carbonyl (C=O) groups excluding carboxylic acids is 1. The smallest absolute Gasteiger partial charge is 0.420 e. The van der Waals surface area contributed by atoms with Gasteiger partial charge in [0, 0.05) is 11.6 Å². The number of methoxy groups -OCH3 is 1. The van der Waals surface area contributed by atoms with Crippen molar-refractivity contribution in [1.29, 1.82) is 0 Å². The second kappa shape index (κ2) is 10.7. The SMILES string of the molecule is COc1ccc(-c2nc3cc(Cl)c(Cl)cc3n2C(=O)OCc2ccccc2)c(NS(=O)(=O)c2cccs2)c1. The number of nitrogens with zero attached hydrogens (tertiary/aromatic N) is 2. The average Bonchev–Trinajstić information content (AvgIpc) is 3.57. The number of hydrogen-bond donors (Lipinski definition) is 1. The lowest BCUT2D eigenvalue weighted by Gasteiger charge is -2.15. The number of aromatic nitrogens is 2. The summed E-state index contributed by atoms with van der Waals surface area (Å²) in [6.45, 7) is 0.0145. The van der Waals surface area contributed by atoms with Gasteiger partial charge in [-0.1, -0.05) is 59.6 Å². The minimum Gasteiger partial charge on any atom is -0.497 e. The molecule has 0 aliphatic carbocycles. The first-order valence-corrected chi connectivity index (χ1v) is 14.2. The summed E-state index contributed by atoms with van der Waals surface area (Å²) in [6.07, 6.45) is -0.729. The van der Waals surface area contributed by atoms with Crippen molar-refractivity contribution in [2.45, 2.75) is 10.8 Å². The number of ether oxygens (including phenoxy) is 2. The van der Waals surface area contributed by atoms with E-state index in [2.05, 4.69) is 9.71 Å². The minimum atomic E-state index is -3.93. The van der Waals surface area contributed by atoms with Gasteiger partial charge in [0.15, 0.2) is 5.82 Å². The Hall–Kier alpha value is -3.57. The Morgan fingerprint density at radius 1 is 1.03 bits per heavy atom. The monoisotopic (exact) mass is 587 g/mol. The van der Waals surface area contributed by atoms with Crippen LogP contribution in [-0.2, 0) is 21.4 Å². The van der Waals surface area contributed by atoms with Crippen molar-refractivity contribution in [3.8, 4) is 17.1 Å². The van der Waals surface area contributed by atoms with E-state index in [0.717, 1.165) is 16.9 Å². The Kier molecular flexibility index (Phi) is 7.31. The van der Waals surface area contributed by atoms with Gasteiger partial charge >= 0.3 is 6.09 Å². The molecule has 0 aliphatic heterocycles. The molecule has 0 atom stereocenters. The molecule has 0 fully saturated rings. The molecule has 2 heterocycles. The number of benzene rings is 3. The molecule has 0 spiro atoms. The molecule has 0 saturated carbocycles. The van der Waals surface area contributed by atoms with Gasteiger partial charge in [0.2, 0.25) is 0 Å². The van der Waals surface area contributed by atoms with Crippen LogP contribution >= 0.6 is 34.5 Å². The Morgan fingerprint density at radius 2 is 1.79 bits per heavy atom. The van der Waals surface area contributed by atoms with Crippen LogP contribution in [-0.4, -0.2) is 31.2 Å². The molecular formula is C26H19Cl2N3O5S2. The van der Waals surface area contributed by atoms with Crippen LogP contribution in [0.1, 0.15) is 5.56 Å². The minimum absolute atomic E-state index is 0.0145. The molecule has 0 radical (unpaired) electrons. The number of fused-ring (bicyclic) bond motifs is 1. The normalized spacial score (nSPS) is 11.4. The lowest BCUT2D eigenvalue weighted by Crippen LogP contribution is -2.16. The number of halogens is 2. The van der Waals surface area contributed by atoms with Gasteiger partial charge in [-0.05, 0) is 41.3 Å². The van der Waals surface area contributed by atoms with Gasteiger partial charge in [-0.25, -0.2) is 22.8 Å². The Balaban J connectivity index is 1.65. The number of nitrogens with one attached hydrogen (secondary N) is 1. The van der Waals surface area contributed by atoms with E-state index in [9.17, 15) is 13.2 Å². The van der Waals surface area contributed by atoms with Gasteiger partial charge in [0.1, 0.15) is 16.6 Å².